The summed E-state index contributed by atoms with van der Waals surface area (Å²) in [4.78, 5) is 25.5. The van der Waals surface area contributed by atoms with E-state index in [4.69, 9.17) is 35.3 Å². The second-order valence-corrected chi connectivity index (χ2v) is 8.06. The molecule has 190 valence electrons. The summed E-state index contributed by atoms with van der Waals surface area (Å²) in [5.41, 5.74) is 2.25. The maximum absolute atomic E-state index is 13.2. The average Bonchev–Trinajstić information content (AvgIpc) is 2.89. The van der Waals surface area contributed by atoms with Crippen molar-refractivity contribution in [2.45, 2.75) is 20.5 Å². The molecular formula is C27H28ClNO7. The van der Waals surface area contributed by atoms with Crippen LogP contribution in [-0.2, 0) is 11.3 Å². The Kier molecular flexibility index (Phi) is 9.02. The highest BCUT2D eigenvalue weighted by molar-refractivity contribution is 6.31. The molecule has 1 N–H and O–H groups in total. The topological polar surface area (TPSA) is 92.3 Å². The molecule has 8 nitrogen and oxygen atoms in total. The van der Waals surface area contributed by atoms with Crippen LogP contribution >= 0.6 is 11.6 Å². The van der Waals surface area contributed by atoms with Crippen LogP contribution in [0.3, 0.4) is 0 Å². The number of carbonyl (C=O) groups is 2. The van der Waals surface area contributed by atoms with Crippen LogP contribution < -0.4 is 24.3 Å². The van der Waals surface area contributed by atoms with Gasteiger partial charge < -0.3 is 29.0 Å². The van der Waals surface area contributed by atoms with Gasteiger partial charge in [0, 0.05) is 28.3 Å². The molecule has 0 aliphatic heterocycles. The largest absolute Gasteiger partial charge is 0.493 e. The Morgan fingerprint density at radius 2 is 1.61 bits per heavy atom. The number of halogens is 1. The summed E-state index contributed by atoms with van der Waals surface area (Å²) in [6.07, 6.45) is 0. The van der Waals surface area contributed by atoms with Crippen molar-refractivity contribution >= 4 is 29.2 Å². The maximum atomic E-state index is 13.2. The third-order valence-electron chi connectivity index (χ3n) is 5.32. The number of amides is 1. The van der Waals surface area contributed by atoms with Gasteiger partial charge in [-0.3, -0.25) is 4.79 Å². The van der Waals surface area contributed by atoms with Gasteiger partial charge in [0.1, 0.15) is 18.1 Å². The molecule has 3 aromatic rings. The zero-order chi connectivity index (χ0) is 26.2. The first-order valence-corrected chi connectivity index (χ1v) is 11.5. The lowest BCUT2D eigenvalue weighted by Gasteiger charge is -2.16. The summed E-state index contributed by atoms with van der Waals surface area (Å²) in [5, 5.41) is 3.41. The SMILES string of the molecule is CCOc1ccc(C(=O)Nc2cc(OC)c(OC)cc2C(=O)OC)cc1COc1ccc(Cl)c(C)c1. The minimum absolute atomic E-state index is 0.121. The van der Waals surface area contributed by atoms with Crippen molar-refractivity contribution in [2.75, 3.05) is 33.3 Å². The van der Waals surface area contributed by atoms with Gasteiger partial charge in [-0.25, -0.2) is 4.79 Å². The maximum Gasteiger partial charge on any atom is 0.340 e. The summed E-state index contributed by atoms with van der Waals surface area (Å²) in [7, 11) is 4.17. The Morgan fingerprint density at radius 3 is 2.25 bits per heavy atom. The van der Waals surface area contributed by atoms with Crippen LogP contribution in [0.25, 0.3) is 0 Å². The summed E-state index contributed by atoms with van der Waals surface area (Å²) < 4.78 is 27.1. The molecule has 1 amide bonds. The molecule has 0 spiro atoms. The van der Waals surface area contributed by atoms with E-state index in [0.717, 1.165) is 5.56 Å². The Bertz CT molecular complexity index is 1260. The number of anilines is 1. The first kappa shape index (κ1) is 26.7. The highest BCUT2D eigenvalue weighted by Crippen LogP contribution is 2.34. The van der Waals surface area contributed by atoms with Gasteiger partial charge in [0.25, 0.3) is 5.91 Å². The van der Waals surface area contributed by atoms with Crippen molar-refractivity contribution in [3.63, 3.8) is 0 Å². The molecule has 0 fully saturated rings. The van der Waals surface area contributed by atoms with Gasteiger partial charge >= 0.3 is 5.97 Å². The highest BCUT2D eigenvalue weighted by atomic mass is 35.5. The fraction of sp³-hybridized carbons (Fsp3) is 0.259. The molecule has 3 rings (SSSR count). The van der Waals surface area contributed by atoms with E-state index in [-0.39, 0.29) is 17.9 Å². The van der Waals surface area contributed by atoms with E-state index in [1.165, 1.54) is 33.5 Å². The van der Waals surface area contributed by atoms with Gasteiger partial charge in [-0.15, -0.1) is 0 Å². The summed E-state index contributed by atoms with van der Waals surface area (Å²) in [5.74, 6) is 0.834. The minimum atomic E-state index is -0.634. The number of esters is 1. The fourth-order valence-corrected chi connectivity index (χ4v) is 3.57. The van der Waals surface area contributed by atoms with E-state index in [1.54, 1.807) is 30.3 Å². The molecule has 0 aromatic heterocycles. The quantitative estimate of drug-likeness (QED) is 0.348. The van der Waals surface area contributed by atoms with Crippen LogP contribution in [0.15, 0.2) is 48.5 Å². The number of methoxy groups -OCH3 is 3. The normalized spacial score (nSPS) is 10.4. The van der Waals surface area contributed by atoms with E-state index in [2.05, 4.69) is 5.32 Å². The Morgan fingerprint density at radius 1 is 0.889 bits per heavy atom. The van der Waals surface area contributed by atoms with Crippen molar-refractivity contribution in [3.05, 3.63) is 75.8 Å². The van der Waals surface area contributed by atoms with Crippen molar-refractivity contribution < 1.29 is 33.3 Å². The molecule has 36 heavy (non-hydrogen) atoms. The molecule has 9 heteroatoms. The van der Waals surface area contributed by atoms with Gasteiger partial charge in [-0.05, 0) is 55.8 Å². The monoisotopic (exact) mass is 513 g/mol. The number of hydrogen-bond acceptors (Lipinski definition) is 7. The van der Waals surface area contributed by atoms with Crippen molar-refractivity contribution in [1.82, 2.24) is 0 Å². The van der Waals surface area contributed by atoms with Crippen molar-refractivity contribution in [1.29, 1.82) is 0 Å². The van der Waals surface area contributed by atoms with E-state index >= 15 is 0 Å². The second kappa shape index (κ2) is 12.2. The number of nitrogens with one attached hydrogen (secondary N) is 1. The van der Waals surface area contributed by atoms with E-state index < -0.39 is 11.9 Å². The molecule has 0 bridgehead atoms. The number of rotatable bonds is 10. The average molecular weight is 514 g/mol. The van der Waals surface area contributed by atoms with Gasteiger partial charge in [0.15, 0.2) is 11.5 Å². The van der Waals surface area contributed by atoms with E-state index in [0.29, 0.717) is 45.8 Å². The fourth-order valence-electron chi connectivity index (χ4n) is 3.45. The molecule has 3 aromatic carbocycles. The number of hydrogen-bond donors (Lipinski definition) is 1. The van der Waals surface area contributed by atoms with Gasteiger partial charge in [0.05, 0.1) is 39.2 Å². The van der Waals surface area contributed by atoms with Gasteiger partial charge in [0.2, 0.25) is 0 Å². The minimum Gasteiger partial charge on any atom is -0.493 e. The molecule has 0 aliphatic rings. The first-order chi connectivity index (χ1) is 17.3. The predicted molar refractivity (Wildman–Crippen MR) is 137 cm³/mol. The zero-order valence-electron chi connectivity index (χ0n) is 20.8. The second-order valence-electron chi connectivity index (χ2n) is 7.65. The molecule has 0 saturated carbocycles. The lowest BCUT2D eigenvalue weighted by molar-refractivity contribution is 0.0601. The molecule has 0 radical (unpaired) electrons. The van der Waals surface area contributed by atoms with Crippen LogP contribution in [0.2, 0.25) is 5.02 Å². The van der Waals surface area contributed by atoms with Crippen LogP contribution in [0.4, 0.5) is 5.69 Å². The number of carbonyl (C=O) groups excluding carboxylic acids is 2. The lowest BCUT2D eigenvalue weighted by atomic mass is 10.1. The third-order valence-corrected chi connectivity index (χ3v) is 5.75. The summed E-state index contributed by atoms with van der Waals surface area (Å²) in [6, 6.07) is 13.4. The standard InChI is InChI=1S/C27H28ClNO7/c1-6-35-23-10-7-17(12-18(23)15-36-19-8-9-21(28)16(2)11-19)26(30)29-22-14-25(33-4)24(32-3)13-20(22)27(31)34-5/h7-14H,6,15H2,1-5H3,(H,29,30). The van der Waals surface area contributed by atoms with E-state index in [9.17, 15) is 9.59 Å². The number of ether oxygens (including phenoxy) is 5. The van der Waals surface area contributed by atoms with Crippen LogP contribution in [-0.4, -0.2) is 39.8 Å². The molecule has 0 atom stereocenters. The highest BCUT2D eigenvalue weighted by Gasteiger charge is 2.20. The van der Waals surface area contributed by atoms with Gasteiger partial charge in [-0.1, -0.05) is 11.6 Å². The van der Waals surface area contributed by atoms with Crippen LogP contribution in [0.1, 0.15) is 38.8 Å². The molecular weight excluding hydrogens is 486 g/mol. The molecule has 0 saturated heterocycles. The van der Waals surface area contributed by atoms with Gasteiger partial charge in [-0.2, -0.15) is 0 Å². The zero-order valence-corrected chi connectivity index (χ0v) is 21.5. The van der Waals surface area contributed by atoms with E-state index in [1.807, 2.05) is 19.9 Å². The van der Waals surface area contributed by atoms with Crippen molar-refractivity contribution in [2.24, 2.45) is 0 Å². The summed E-state index contributed by atoms with van der Waals surface area (Å²) >= 11 is 6.10. The predicted octanol–water partition coefficient (Wildman–Crippen LogP) is 5.68. The molecule has 0 unspecified atom stereocenters. The molecule has 0 heterocycles. The van der Waals surface area contributed by atoms with Crippen molar-refractivity contribution in [3.8, 4) is 23.0 Å². The third kappa shape index (κ3) is 6.20. The first-order valence-electron chi connectivity index (χ1n) is 11.1. The Balaban J connectivity index is 1.90. The Labute approximate surface area is 215 Å². The molecule has 0 aliphatic carbocycles. The smallest absolute Gasteiger partial charge is 0.340 e. The van der Waals surface area contributed by atoms with Crippen LogP contribution in [0, 0.1) is 6.92 Å². The summed E-state index contributed by atoms with van der Waals surface area (Å²) in [6.45, 7) is 4.38. The Hall–Kier alpha value is -3.91. The number of benzene rings is 3. The lowest BCUT2D eigenvalue weighted by Crippen LogP contribution is -2.16. The number of aryl methyl sites for hydroxylation is 1. The van der Waals surface area contributed by atoms with Crippen LogP contribution in [0.5, 0.6) is 23.0 Å².